The molecule has 4 heteroatoms. The number of allylic oxidation sites excluding steroid dienone is 2. The van der Waals surface area contributed by atoms with Gasteiger partial charge in [-0.3, -0.25) is 4.98 Å². The molecule has 1 unspecified atom stereocenters. The highest BCUT2D eigenvalue weighted by atomic mass is 15.1. The summed E-state index contributed by atoms with van der Waals surface area (Å²) in [6, 6.07) is 26.7. The zero-order chi connectivity index (χ0) is 29.7. The Morgan fingerprint density at radius 2 is 1.76 bits per heavy atom. The average molecular weight is 557 g/mol. The molecule has 2 heterocycles. The summed E-state index contributed by atoms with van der Waals surface area (Å²) in [6.45, 7) is 15.4. The summed E-state index contributed by atoms with van der Waals surface area (Å²) < 4.78 is 0. The normalized spacial score (nSPS) is 15.6. The monoisotopic (exact) mass is 556 g/mol. The number of benzene rings is 3. The van der Waals surface area contributed by atoms with Crippen molar-refractivity contribution in [1.29, 1.82) is 5.41 Å². The second kappa shape index (κ2) is 12.8. The SMILES string of the molecule is C=C(C)N1CCC(C(C)(c2ccccc2)c2ccc3nc(CC)c(Cc4ccc(N/C=C\C=N)cc4)c(C)c3c2)CC1. The predicted molar refractivity (Wildman–Crippen MR) is 179 cm³/mol. The summed E-state index contributed by atoms with van der Waals surface area (Å²) in [6.07, 6.45) is 8.78. The fourth-order valence-corrected chi connectivity index (χ4v) is 6.75. The third-order valence-electron chi connectivity index (χ3n) is 9.39. The van der Waals surface area contributed by atoms with Gasteiger partial charge in [0.1, 0.15) is 0 Å². The molecule has 1 aliphatic heterocycles. The quantitative estimate of drug-likeness (QED) is 0.192. The highest BCUT2D eigenvalue weighted by Crippen LogP contribution is 2.45. The zero-order valence-corrected chi connectivity index (χ0v) is 25.6. The number of nitrogens with zero attached hydrogens (tertiary/aromatic N) is 2. The Kier molecular flexibility index (Phi) is 8.91. The van der Waals surface area contributed by atoms with Gasteiger partial charge in [0.25, 0.3) is 0 Å². The van der Waals surface area contributed by atoms with Gasteiger partial charge in [0.15, 0.2) is 0 Å². The van der Waals surface area contributed by atoms with E-state index in [-0.39, 0.29) is 5.41 Å². The molecule has 0 radical (unpaired) electrons. The van der Waals surface area contributed by atoms with E-state index in [1.165, 1.54) is 50.8 Å². The Morgan fingerprint density at radius 3 is 2.40 bits per heavy atom. The number of aryl methyl sites for hydroxylation is 2. The zero-order valence-electron chi connectivity index (χ0n) is 25.6. The number of fused-ring (bicyclic) bond motifs is 1. The fourth-order valence-electron chi connectivity index (χ4n) is 6.75. The van der Waals surface area contributed by atoms with Crippen molar-refractivity contribution < 1.29 is 0 Å². The van der Waals surface area contributed by atoms with Crippen molar-refractivity contribution >= 4 is 22.8 Å². The van der Waals surface area contributed by atoms with E-state index in [0.717, 1.165) is 50.0 Å². The summed E-state index contributed by atoms with van der Waals surface area (Å²) >= 11 is 0. The Balaban J connectivity index is 1.54. The molecule has 0 saturated carbocycles. The molecule has 1 aliphatic rings. The number of anilines is 1. The van der Waals surface area contributed by atoms with Crippen molar-refractivity contribution in [1.82, 2.24) is 9.88 Å². The number of rotatable bonds is 10. The van der Waals surface area contributed by atoms with Crippen LogP contribution < -0.4 is 5.32 Å². The number of pyridine rings is 1. The average Bonchev–Trinajstić information content (AvgIpc) is 3.03. The molecule has 1 fully saturated rings. The summed E-state index contributed by atoms with van der Waals surface area (Å²) in [5.74, 6) is 0.538. The van der Waals surface area contributed by atoms with Crippen molar-refractivity contribution in [2.45, 2.75) is 58.8 Å². The van der Waals surface area contributed by atoms with Crippen LogP contribution in [0.2, 0.25) is 0 Å². The molecule has 0 bridgehead atoms. The summed E-state index contributed by atoms with van der Waals surface area (Å²) in [7, 11) is 0. The third kappa shape index (κ3) is 5.90. The Morgan fingerprint density at radius 1 is 1.05 bits per heavy atom. The highest BCUT2D eigenvalue weighted by Gasteiger charge is 2.39. The minimum Gasteiger partial charge on any atom is -0.376 e. The largest absolute Gasteiger partial charge is 0.376 e. The van der Waals surface area contributed by atoms with E-state index >= 15 is 0 Å². The maximum Gasteiger partial charge on any atom is 0.0708 e. The van der Waals surface area contributed by atoms with Crippen LogP contribution in [-0.2, 0) is 18.3 Å². The maximum atomic E-state index is 7.15. The van der Waals surface area contributed by atoms with Crippen LogP contribution in [0.15, 0.2) is 97.3 Å². The van der Waals surface area contributed by atoms with Crippen LogP contribution in [0.5, 0.6) is 0 Å². The minimum absolute atomic E-state index is 0.0956. The Bertz CT molecular complexity index is 1580. The number of piperidine rings is 1. The lowest BCUT2D eigenvalue weighted by Gasteiger charge is -2.44. The first-order chi connectivity index (χ1) is 20.3. The first kappa shape index (κ1) is 29.3. The topological polar surface area (TPSA) is 52.0 Å². The van der Waals surface area contributed by atoms with Gasteiger partial charge in [-0.25, -0.2) is 0 Å². The van der Waals surface area contributed by atoms with E-state index in [2.05, 4.69) is 117 Å². The van der Waals surface area contributed by atoms with Crippen LogP contribution in [0, 0.1) is 18.3 Å². The molecule has 4 nitrogen and oxygen atoms in total. The predicted octanol–water partition coefficient (Wildman–Crippen LogP) is 8.82. The van der Waals surface area contributed by atoms with Gasteiger partial charge < -0.3 is 15.6 Å². The van der Waals surface area contributed by atoms with Gasteiger partial charge in [-0.2, -0.15) is 0 Å². The van der Waals surface area contributed by atoms with Crippen molar-refractivity contribution in [2.24, 2.45) is 5.92 Å². The second-order valence-electron chi connectivity index (χ2n) is 11.9. The van der Waals surface area contributed by atoms with Crippen LogP contribution in [0.4, 0.5) is 5.69 Å². The number of aromatic nitrogens is 1. The molecule has 2 N–H and O–H groups in total. The molecule has 1 aromatic heterocycles. The van der Waals surface area contributed by atoms with Crippen LogP contribution in [0.3, 0.4) is 0 Å². The molecule has 0 amide bonds. The lowest BCUT2D eigenvalue weighted by molar-refractivity contribution is 0.179. The van der Waals surface area contributed by atoms with Crippen LogP contribution in [0.25, 0.3) is 10.9 Å². The van der Waals surface area contributed by atoms with Gasteiger partial charge in [-0.05, 0) is 104 Å². The van der Waals surface area contributed by atoms with E-state index in [4.69, 9.17) is 10.4 Å². The van der Waals surface area contributed by atoms with E-state index in [0.29, 0.717) is 5.92 Å². The molecule has 42 heavy (non-hydrogen) atoms. The number of hydrogen-bond acceptors (Lipinski definition) is 4. The number of hydrogen-bond donors (Lipinski definition) is 2. The maximum absolute atomic E-state index is 7.15. The van der Waals surface area contributed by atoms with Gasteiger partial charge >= 0.3 is 0 Å². The van der Waals surface area contributed by atoms with E-state index in [1.54, 1.807) is 12.3 Å². The molecule has 0 spiro atoms. The third-order valence-corrected chi connectivity index (χ3v) is 9.39. The summed E-state index contributed by atoms with van der Waals surface area (Å²) in [4.78, 5) is 7.63. The van der Waals surface area contributed by atoms with Crippen molar-refractivity contribution in [3.63, 3.8) is 0 Å². The first-order valence-electron chi connectivity index (χ1n) is 15.2. The molecule has 3 aromatic carbocycles. The highest BCUT2D eigenvalue weighted by molar-refractivity contribution is 5.85. The van der Waals surface area contributed by atoms with Gasteiger partial charge in [-0.1, -0.05) is 69.0 Å². The molecule has 0 aliphatic carbocycles. The van der Waals surface area contributed by atoms with Gasteiger partial charge in [0, 0.05) is 53.4 Å². The fraction of sp³-hybridized carbons (Fsp3) is 0.316. The lowest BCUT2D eigenvalue weighted by atomic mass is 9.64. The number of likely N-dealkylation sites (tertiary alicyclic amines) is 1. The van der Waals surface area contributed by atoms with Crippen LogP contribution in [-0.4, -0.2) is 29.2 Å². The van der Waals surface area contributed by atoms with Gasteiger partial charge in [-0.15, -0.1) is 0 Å². The molecular weight excluding hydrogens is 512 g/mol. The molecule has 4 aromatic rings. The molecular formula is C38H44N4. The lowest BCUT2D eigenvalue weighted by Crippen LogP contribution is -2.42. The molecule has 216 valence electrons. The molecule has 5 rings (SSSR count). The summed E-state index contributed by atoms with van der Waals surface area (Å²) in [5.41, 5.74) is 11.1. The van der Waals surface area contributed by atoms with Crippen LogP contribution in [0.1, 0.15) is 67.1 Å². The van der Waals surface area contributed by atoms with E-state index in [9.17, 15) is 0 Å². The Hall–Kier alpha value is -4.18. The van der Waals surface area contributed by atoms with Crippen LogP contribution >= 0.6 is 0 Å². The van der Waals surface area contributed by atoms with Crippen molar-refractivity contribution in [3.8, 4) is 0 Å². The molecule has 1 atom stereocenters. The smallest absolute Gasteiger partial charge is 0.0708 e. The van der Waals surface area contributed by atoms with Gasteiger partial charge in [0.2, 0.25) is 0 Å². The van der Waals surface area contributed by atoms with Crippen molar-refractivity contribution in [2.75, 3.05) is 18.4 Å². The van der Waals surface area contributed by atoms with E-state index < -0.39 is 0 Å². The van der Waals surface area contributed by atoms with Gasteiger partial charge in [0.05, 0.1) is 5.52 Å². The minimum atomic E-state index is -0.0956. The van der Waals surface area contributed by atoms with E-state index in [1.807, 2.05) is 0 Å². The van der Waals surface area contributed by atoms with Crippen molar-refractivity contribution in [3.05, 3.63) is 131 Å². The molecule has 1 saturated heterocycles. The second-order valence-corrected chi connectivity index (χ2v) is 11.9. The first-order valence-corrected chi connectivity index (χ1v) is 15.2. The Labute approximate surface area is 251 Å². The standard InChI is InChI=1S/C38H44N4/c1-6-36-34(25-29-13-16-33(17-14-29)40-22-10-21-39)28(4)35-26-32(15-18-37(35)41-36)38(5,30-11-8-7-9-12-30)31-19-23-42(24-20-31)27(2)3/h7-18,21-22,26,31,39-40H,2,6,19-20,23-25H2,1,3-5H3/b22-10-,39-21?. The number of nitrogens with one attached hydrogen (secondary N) is 2. The summed E-state index contributed by atoms with van der Waals surface area (Å²) in [5, 5.41) is 11.6.